The number of benzene rings is 1. The van der Waals surface area contributed by atoms with E-state index in [1.807, 2.05) is 45.0 Å². The number of nitrogens with one attached hydrogen (secondary N) is 2. The lowest BCUT2D eigenvalue weighted by Crippen LogP contribution is -2.40. The number of aryl methyl sites for hydroxylation is 1. The number of rotatable bonds is 5. The van der Waals surface area contributed by atoms with Crippen molar-refractivity contribution in [1.82, 2.24) is 15.6 Å². The molecule has 0 atom stereocenters. The highest BCUT2D eigenvalue weighted by Gasteiger charge is 2.07. The van der Waals surface area contributed by atoms with Crippen molar-refractivity contribution >= 4 is 6.03 Å². The summed E-state index contributed by atoms with van der Waals surface area (Å²) in [6, 6.07) is 7.99. The smallest absolute Gasteiger partial charge is 0.314 e. The molecule has 0 spiro atoms. The quantitative estimate of drug-likeness (QED) is 0.888. The first-order chi connectivity index (χ1) is 10.0. The fraction of sp³-hybridized carbons (Fsp3) is 0.375. The summed E-state index contributed by atoms with van der Waals surface area (Å²) in [7, 11) is 0. The van der Waals surface area contributed by atoms with E-state index in [0.29, 0.717) is 18.9 Å². The maximum atomic E-state index is 11.4. The van der Waals surface area contributed by atoms with Crippen LogP contribution in [-0.4, -0.2) is 23.6 Å². The zero-order chi connectivity index (χ0) is 15.2. The maximum Gasteiger partial charge on any atom is 0.314 e. The molecule has 1 aromatic carbocycles. The number of hydrogen-bond donors (Lipinski definition) is 2. The predicted molar refractivity (Wildman–Crippen MR) is 82.1 cm³/mol. The van der Waals surface area contributed by atoms with Gasteiger partial charge in [-0.1, -0.05) is 17.7 Å². The molecule has 112 valence electrons. The van der Waals surface area contributed by atoms with E-state index in [1.165, 1.54) is 5.56 Å². The third-order valence-electron chi connectivity index (χ3n) is 2.94. The summed E-state index contributed by atoms with van der Waals surface area (Å²) in [6.07, 6.45) is 2.28. The number of aromatic nitrogens is 1. The Kier molecular flexibility index (Phi) is 4.98. The van der Waals surface area contributed by atoms with Crippen LogP contribution in [0.15, 0.2) is 34.9 Å². The Balaban J connectivity index is 1.86. The molecule has 0 saturated carbocycles. The molecule has 0 aliphatic carbocycles. The van der Waals surface area contributed by atoms with Crippen LogP contribution in [0.3, 0.4) is 0 Å². The van der Waals surface area contributed by atoms with Crippen molar-refractivity contribution in [2.24, 2.45) is 0 Å². The Morgan fingerprint density at radius 2 is 2.00 bits per heavy atom. The number of nitrogens with zero attached hydrogens (tertiary/aromatic N) is 1. The van der Waals surface area contributed by atoms with Crippen LogP contribution in [0.4, 0.5) is 4.79 Å². The van der Waals surface area contributed by atoms with Gasteiger partial charge < -0.3 is 15.1 Å². The molecular formula is C16H21N3O2. The van der Waals surface area contributed by atoms with Crippen molar-refractivity contribution in [3.05, 3.63) is 41.8 Å². The van der Waals surface area contributed by atoms with Gasteiger partial charge in [-0.15, -0.1) is 0 Å². The Hall–Kier alpha value is -2.30. The predicted octanol–water partition coefficient (Wildman–Crippen LogP) is 2.90. The van der Waals surface area contributed by atoms with Gasteiger partial charge >= 0.3 is 6.03 Å². The van der Waals surface area contributed by atoms with E-state index in [-0.39, 0.29) is 12.1 Å². The van der Waals surface area contributed by atoms with Gasteiger partial charge in [-0.25, -0.2) is 9.78 Å². The van der Waals surface area contributed by atoms with E-state index in [1.54, 1.807) is 6.26 Å². The van der Waals surface area contributed by atoms with Crippen LogP contribution in [0.2, 0.25) is 0 Å². The van der Waals surface area contributed by atoms with E-state index in [4.69, 9.17) is 4.42 Å². The molecule has 2 amide bonds. The number of carbonyl (C=O) groups is 1. The molecule has 1 aromatic heterocycles. The minimum absolute atomic E-state index is 0.130. The Bertz CT molecular complexity index is 588. The Morgan fingerprint density at radius 1 is 1.29 bits per heavy atom. The monoisotopic (exact) mass is 287 g/mol. The van der Waals surface area contributed by atoms with E-state index < -0.39 is 0 Å². The van der Waals surface area contributed by atoms with Gasteiger partial charge in [0.2, 0.25) is 5.89 Å². The molecule has 0 aliphatic rings. The van der Waals surface area contributed by atoms with E-state index >= 15 is 0 Å². The average Bonchev–Trinajstić information content (AvgIpc) is 2.87. The number of oxazole rings is 1. The summed E-state index contributed by atoms with van der Waals surface area (Å²) in [4.78, 5) is 15.9. The largest absolute Gasteiger partial charge is 0.444 e. The molecule has 1 heterocycles. The second-order valence-corrected chi connectivity index (χ2v) is 5.31. The van der Waals surface area contributed by atoms with Crippen LogP contribution in [0.5, 0.6) is 0 Å². The molecule has 0 saturated heterocycles. The van der Waals surface area contributed by atoms with Gasteiger partial charge in [0, 0.05) is 24.6 Å². The lowest BCUT2D eigenvalue weighted by Gasteiger charge is -2.08. The first-order valence-corrected chi connectivity index (χ1v) is 7.10. The number of carbonyl (C=O) groups excluding carboxylic acids is 1. The topological polar surface area (TPSA) is 67.2 Å². The number of amides is 2. The van der Waals surface area contributed by atoms with Crippen molar-refractivity contribution in [2.45, 2.75) is 33.2 Å². The van der Waals surface area contributed by atoms with Crippen molar-refractivity contribution in [2.75, 3.05) is 6.54 Å². The van der Waals surface area contributed by atoms with Gasteiger partial charge in [0.25, 0.3) is 0 Å². The first-order valence-electron chi connectivity index (χ1n) is 7.10. The Labute approximate surface area is 124 Å². The third kappa shape index (κ3) is 4.63. The first kappa shape index (κ1) is 15.1. The van der Waals surface area contributed by atoms with Gasteiger partial charge in [0.05, 0.1) is 5.69 Å². The molecule has 21 heavy (non-hydrogen) atoms. The van der Waals surface area contributed by atoms with E-state index in [0.717, 1.165) is 11.3 Å². The molecule has 2 rings (SSSR count). The lowest BCUT2D eigenvalue weighted by atomic mass is 10.1. The zero-order valence-corrected chi connectivity index (χ0v) is 12.6. The Morgan fingerprint density at radius 3 is 2.67 bits per heavy atom. The van der Waals surface area contributed by atoms with Crippen molar-refractivity contribution < 1.29 is 9.21 Å². The summed E-state index contributed by atoms with van der Waals surface area (Å²) >= 11 is 0. The van der Waals surface area contributed by atoms with Gasteiger partial charge in [-0.3, -0.25) is 0 Å². The van der Waals surface area contributed by atoms with Crippen molar-refractivity contribution in [3.63, 3.8) is 0 Å². The van der Waals surface area contributed by atoms with Crippen LogP contribution < -0.4 is 10.6 Å². The summed E-state index contributed by atoms with van der Waals surface area (Å²) in [5, 5.41) is 5.56. The second-order valence-electron chi connectivity index (χ2n) is 5.31. The fourth-order valence-corrected chi connectivity index (χ4v) is 1.87. The lowest BCUT2D eigenvalue weighted by molar-refractivity contribution is 0.238. The molecule has 2 N–H and O–H groups in total. The van der Waals surface area contributed by atoms with Crippen LogP contribution in [-0.2, 0) is 6.42 Å². The molecule has 5 heteroatoms. The van der Waals surface area contributed by atoms with Crippen LogP contribution in [0, 0.1) is 6.92 Å². The molecular weight excluding hydrogens is 266 g/mol. The van der Waals surface area contributed by atoms with Gasteiger partial charge in [0.1, 0.15) is 6.26 Å². The molecule has 2 aromatic rings. The normalized spacial score (nSPS) is 10.7. The molecule has 0 aliphatic heterocycles. The molecule has 0 unspecified atom stereocenters. The minimum atomic E-state index is -0.160. The average molecular weight is 287 g/mol. The standard InChI is InChI=1S/C16H21N3O2/c1-11(2)18-16(20)17-9-8-14-10-21-15(19-14)13-6-4-12(3)5-7-13/h4-7,10-11H,8-9H2,1-3H3,(H2,17,18,20). The summed E-state index contributed by atoms with van der Waals surface area (Å²) in [5.74, 6) is 0.608. The van der Waals surface area contributed by atoms with Crippen molar-refractivity contribution in [1.29, 1.82) is 0 Å². The van der Waals surface area contributed by atoms with Gasteiger partial charge in [-0.05, 0) is 32.9 Å². The SMILES string of the molecule is Cc1ccc(-c2nc(CCNC(=O)NC(C)C)co2)cc1. The minimum Gasteiger partial charge on any atom is -0.444 e. The van der Waals surface area contributed by atoms with Crippen LogP contribution in [0.1, 0.15) is 25.1 Å². The summed E-state index contributed by atoms with van der Waals surface area (Å²) < 4.78 is 5.47. The van der Waals surface area contributed by atoms with Gasteiger partial charge in [-0.2, -0.15) is 0 Å². The molecule has 0 radical (unpaired) electrons. The molecule has 5 nitrogen and oxygen atoms in total. The van der Waals surface area contributed by atoms with E-state index in [2.05, 4.69) is 15.6 Å². The fourth-order valence-electron chi connectivity index (χ4n) is 1.87. The highest BCUT2D eigenvalue weighted by Crippen LogP contribution is 2.19. The number of hydrogen-bond acceptors (Lipinski definition) is 3. The number of urea groups is 1. The summed E-state index contributed by atoms with van der Waals surface area (Å²) in [5.41, 5.74) is 2.98. The van der Waals surface area contributed by atoms with Gasteiger partial charge in [0.15, 0.2) is 0 Å². The maximum absolute atomic E-state index is 11.4. The van der Waals surface area contributed by atoms with Crippen LogP contribution >= 0.6 is 0 Å². The highest BCUT2D eigenvalue weighted by molar-refractivity contribution is 5.74. The van der Waals surface area contributed by atoms with E-state index in [9.17, 15) is 4.79 Å². The molecule has 0 fully saturated rings. The second kappa shape index (κ2) is 6.92. The zero-order valence-electron chi connectivity index (χ0n) is 12.6. The third-order valence-corrected chi connectivity index (χ3v) is 2.94. The summed E-state index contributed by atoms with van der Waals surface area (Å²) in [6.45, 7) is 6.41. The highest BCUT2D eigenvalue weighted by atomic mass is 16.3. The van der Waals surface area contributed by atoms with Crippen molar-refractivity contribution in [3.8, 4) is 11.5 Å². The van der Waals surface area contributed by atoms with Crippen LogP contribution in [0.25, 0.3) is 11.5 Å². The molecule has 0 bridgehead atoms.